The highest BCUT2D eigenvalue weighted by atomic mass is 35.5. The number of halogens is 2. The first-order valence-electron chi connectivity index (χ1n) is 8.00. The van der Waals surface area contributed by atoms with Gasteiger partial charge in [-0.05, 0) is 31.2 Å². The molecule has 1 saturated heterocycles. The number of nitrogens with zero attached hydrogens (tertiary/aromatic N) is 3. The van der Waals surface area contributed by atoms with Crippen molar-refractivity contribution in [3.8, 4) is 5.69 Å². The lowest BCUT2D eigenvalue weighted by atomic mass is 10.2. The van der Waals surface area contributed by atoms with Crippen LogP contribution >= 0.6 is 23.2 Å². The van der Waals surface area contributed by atoms with Crippen LogP contribution in [0.4, 0.5) is 0 Å². The van der Waals surface area contributed by atoms with Gasteiger partial charge in [0.05, 0.1) is 34.9 Å². The van der Waals surface area contributed by atoms with Gasteiger partial charge in [0.15, 0.2) is 5.69 Å². The van der Waals surface area contributed by atoms with Gasteiger partial charge < -0.3 is 14.7 Å². The Morgan fingerprint density at radius 2 is 2.08 bits per heavy atom. The smallest absolute Gasteiger partial charge is 0.306 e. The third-order valence-electron chi connectivity index (χ3n) is 4.08. The van der Waals surface area contributed by atoms with Gasteiger partial charge in [-0.25, -0.2) is 4.68 Å². The molecule has 0 bridgehead atoms. The fourth-order valence-corrected chi connectivity index (χ4v) is 3.13. The lowest BCUT2D eigenvalue weighted by Crippen LogP contribution is -2.46. The summed E-state index contributed by atoms with van der Waals surface area (Å²) in [5, 5.41) is 14.1. The highest BCUT2D eigenvalue weighted by Crippen LogP contribution is 2.25. The van der Waals surface area contributed by atoms with E-state index in [0.717, 1.165) is 5.69 Å². The van der Waals surface area contributed by atoms with Gasteiger partial charge in [0.1, 0.15) is 0 Å². The van der Waals surface area contributed by atoms with Crippen molar-refractivity contribution in [1.29, 1.82) is 0 Å². The molecule has 7 nitrogen and oxygen atoms in total. The molecule has 0 aliphatic carbocycles. The van der Waals surface area contributed by atoms with E-state index in [9.17, 15) is 9.59 Å². The Hall–Kier alpha value is -2.09. The van der Waals surface area contributed by atoms with Crippen LogP contribution in [-0.4, -0.2) is 57.5 Å². The van der Waals surface area contributed by atoms with Crippen LogP contribution in [0.15, 0.2) is 24.3 Å². The molecule has 1 atom stereocenters. The number of carboxylic acids is 1. The molecule has 1 aromatic heterocycles. The van der Waals surface area contributed by atoms with Gasteiger partial charge in [0.2, 0.25) is 0 Å². The number of aliphatic carboxylic acids is 1. The number of carbonyl (C=O) groups excluding carboxylic acids is 1. The van der Waals surface area contributed by atoms with Crippen LogP contribution in [0.2, 0.25) is 10.0 Å². The summed E-state index contributed by atoms with van der Waals surface area (Å²) < 4.78 is 7.02. The Morgan fingerprint density at radius 1 is 1.31 bits per heavy atom. The minimum Gasteiger partial charge on any atom is -0.481 e. The number of ether oxygens (including phenoxy) is 1. The van der Waals surface area contributed by atoms with Crippen LogP contribution < -0.4 is 0 Å². The third-order valence-corrected chi connectivity index (χ3v) is 4.82. The van der Waals surface area contributed by atoms with Gasteiger partial charge in [0, 0.05) is 18.8 Å². The first-order chi connectivity index (χ1) is 12.3. The summed E-state index contributed by atoms with van der Waals surface area (Å²) in [6, 6.07) is 6.79. The molecule has 1 aromatic carbocycles. The molecule has 2 heterocycles. The molecule has 138 valence electrons. The molecular formula is C17H17Cl2N3O4. The van der Waals surface area contributed by atoms with E-state index in [-0.39, 0.29) is 24.6 Å². The number of carbonyl (C=O) groups is 2. The molecule has 0 radical (unpaired) electrons. The highest BCUT2D eigenvalue weighted by molar-refractivity contribution is 6.42. The maximum Gasteiger partial charge on any atom is 0.306 e. The number of morpholine rings is 1. The molecule has 0 spiro atoms. The van der Waals surface area contributed by atoms with E-state index in [1.807, 2.05) is 6.92 Å². The third kappa shape index (κ3) is 4.00. The van der Waals surface area contributed by atoms with Crippen LogP contribution in [0.3, 0.4) is 0 Å². The lowest BCUT2D eigenvalue weighted by Gasteiger charge is -2.31. The predicted molar refractivity (Wildman–Crippen MR) is 96.2 cm³/mol. The van der Waals surface area contributed by atoms with Crippen molar-refractivity contribution in [1.82, 2.24) is 14.7 Å². The SMILES string of the molecule is Cc1cc(C(=O)N2CCOC(CC(=O)O)C2)nn1-c1ccc(Cl)c(Cl)c1. The quantitative estimate of drug-likeness (QED) is 0.856. The summed E-state index contributed by atoms with van der Waals surface area (Å²) >= 11 is 12.0. The highest BCUT2D eigenvalue weighted by Gasteiger charge is 2.28. The molecule has 1 unspecified atom stereocenters. The van der Waals surface area contributed by atoms with E-state index >= 15 is 0 Å². The van der Waals surface area contributed by atoms with E-state index in [4.69, 9.17) is 33.0 Å². The van der Waals surface area contributed by atoms with Crippen LogP contribution in [-0.2, 0) is 9.53 Å². The number of aryl methyl sites for hydroxylation is 1. The zero-order valence-corrected chi connectivity index (χ0v) is 15.5. The van der Waals surface area contributed by atoms with Crippen molar-refractivity contribution < 1.29 is 19.4 Å². The van der Waals surface area contributed by atoms with Gasteiger partial charge in [-0.3, -0.25) is 9.59 Å². The number of carboxylic acid groups (broad SMARTS) is 1. The van der Waals surface area contributed by atoms with Crippen molar-refractivity contribution in [2.75, 3.05) is 19.7 Å². The van der Waals surface area contributed by atoms with Crippen molar-refractivity contribution in [3.05, 3.63) is 45.7 Å². The molecule has 1 aliphatic heterocycles. The first kappa shape index (κ1) is 18.7. The number of hydrogen-bond donors (Lipinski definition) is 1. The summed E-state index contributed by atoms with van der Waals surface area (Å²) in [4.78, 5) is 25.2. The normalized spacial score (nSPS) is 17.3. The molecule has 1 aliphatic rings. The van der Waals surface area contributed by atoms with E-state index in [2.05, 4.69) is 5.10 Å². The monoisotopic (exact) mass is 397 g/mol. The average molecular weight is 398 g/mol. The molecule has 0 saturated carbocycles. The van der Waals surface area contributed by atoms with Gasteiger partial charge in [-0.15, -0.1) is 0 Å². The fourth-order valence-electron chi connectivity index (χ4n) is 2.84. The Labute approximate surface area is 160 Å². The number of benzene rings is 1. The molecule has 1 N–H and O–H groups in total. The minimum atomic E-state index is -0.955. The summed E-state index contributed by atoms with van der Waals surface area (Å²) in [5.74, 6) is -1.21. The number of hydrogen-bond acceptors (Lipinski definition) is 4. The van der Waals surface area contributed by atoms with Gasteiger partial charge in [-0.2, -0.15) is 5.10 Å². The van der Waals surface area contributed by atoms with Crippen LogP contribution in [0.1, 0.15) is 22.6 Å². The van der Waals surface area contributed by atoms with Crippen LogP contribution in [0.5, 0.6) is 0 Å². The Balaban J connectivity index is 1.80. The van der Waals surface area contributed by atoms with Crippen LogP contribution in [0, 0.1) is 6.92 Å². The zero-order chi connectivity index (χ0) is 18.8. The molecule has 3 rings (SSSR count). The van der Waals surface area contributed by atoms with Crippen molar-refractivity contribution in [2.24, 2.45) is 0 Å². The first-order valence-corrected chi connectivity index (χ1v) is 8.75. The zero-order valence-electron chi connectivity index (χ0n) is 14.0. The second kappa shape index (κ2) is 7.65. The van der Waals surface area contributed by atoms with Gasteiger partial charge in [-0.1, -0.05) is 23.2 Å². The fraction of sp³-hybridized carbons (Fsp3) is 0.353. The van der Waals surface area contributed by atoms with Gasteiger partial charge in [0.25, 0.3) is 5.91 Å². The van der Waals surface area contributed by atoms with Gasteiger partial charge >= 0.3 is 5.97 Å². The number of rotatable bonds is 4. The molecule has 1 amide bonds. The Kier molecular flexibility index (Phi) is 5.50. The Bertz CT molecular complexity index is 853. The minimum absolute atomic E-state index is 0.138. The largest absolute Gasteiger partial charge is 0.481 e. The van der Waals surface area contributed by atoms with E-state index in [1.165, 1.54) is 0 Å². The summed E-state index contributed by atoms with van der Waals surface area (Å²) in [5.41, 5.74) is 1.74. The van der Waals surface area contributed by atoms with Crippen LogP contribution in [0.25, 0.3) is 5.69 Å². The Morgan fingerprint density at radius 3 is 2.77 bits per heavy atom. The topological polar surface area (TPSA) is 84.7 Å². The molecule has 1 fully saturated rings. The molecular weight excluding hydrogens is 381 g/mol. The molecule has 9 heteroatoms. The maximum absolute atomic E-state index is 12.7. The van der Waals surface area contributed by atoms with Crippen molar-refractivity contribution in [2.45, 2.75) is 19.4 Å². The van der Waals surface area contributed by atoms with Crippen molar-refractivity contribution >= 4 is 35.1 Å². The number of aromatic nitrogens is 2. The van der Waals surface area contributed by atoms with E-state index in [1.54, 1.807) is 33.8 Å². The second-order valence-electron chi connectivity index (χ2n) is 6.02. The molecule has 2 aromatic rings. The summed E-state index contributed by atoms with van der Waals surface area (Å²) in [6.07, 6.45) is -0.649. The second-order valence-corrected chi connectivity index (χ2v) is 6.84. The van der Waals surface area contributed by atoms with E-state index in [0.29, 0.717) is 28.9 Å². The molecule has 26 heavy (non-hydrogen) atoms. The maximum atomic E-state index is 12.7. The number of amides is 1. The van der Waals surface area contributed by atoms with E-state index < -0.39 is 12.1 Å². The standard InChI is InChI=1S/C17H17Cl2N3O4/c1-10-6-15(20-22(10)11-2-3-13(18)14(19)7-11)17(25)21-4-5-26-12(9-21)8-16(23)24/h2-3,6-7,12H,4-5,8-9H2,1H3,(H,23,24). The summed E-state index contributed by atoms with van der Waals surface area (Å²) in [6.45, 7) is 2.76. The lowest BCUT2D eigenvalue weighted by molar-refractivity contribution is -0.141. The summed E-state index contributed by atoms with van der Waals surface area (Å²) in [7, 11) is 0. The predicted octanol–water partition coefficient (Wildman–Crippen LogP) is 2.80. The van der Waals surface area contributed by atoms with Crippen molar-refractivity contribution in [3.63, 3.8) is 0 Å². The average Bonchev–Trinajstić information content (AvgIpc) is 2.98.